The van der Waals surface area contributed by atoms with Crippen LogP contribution in [0.15, 0.2) is 18.2 Å². The number of fused-ring (bicyclic) bond motifs is 1. The van der Waals surface area contributed by atoms with Crippen molar-refractivity contribution in [2.45, 2.75) is 46.2 Å². The van der Waals surface area contributed by atoms with Gasteiger partial charge in [-0.15, -0.1) is 0 Å². The van der Waals surface area contributed by atoms with Crippen LogP contribution in [0.4, 0.5) is 5.82 Å². The van der Waals surface area contributed by atoms with Gasteiger partial charge in [-0.2, -0.15) is 0 Å². The molecule has 0 radical (unpaired) electrons. The van der Waals surface area contributed by atoms with Gasteiger partial charge in [0.05, 0.1) is 25.5 Å². The van der Waals surface area contributed by atoms with Crippen LogP contribution < -0.4 is 9.64 Å². The second-order valence-electron chi connectivity index (χ2n) is 8.28. The molecule has 162 valence electrons. The van der Waals surface area contributed by atoms with Gasteiger partial charge < -0.3 is 19.5 Å². The van der Waals surface area contributed by atoms with E-state index in [9.17, 15) is 5.11 Å². The van der Waals surface area contributed by atoms with Crippen LogP contribution in [-0.2, 0) is 24.2 Å². The molecule has 0 bridgehead atoms. The maximum absolute atomic E-state index is 9.97. The molecule has 4 rings (SSSR count). The minimum atomic E-state index is 0.189. The molecule has 0 spiro atoms. The third-order valence-electron chi connectivity index (χ3n) is 5.70. The lowest BCUT2D eigenvalue weighted by Crippen LogP contribution is -2.39. The lowest BCUT2D eigenvalue weighted by Gasteiger charge is -2.34. The van der Waals surface area contributed by atoms with Crippen LogP contribution in [0.25, 0.3) is 0 Å². The number of phenolic OH excluding ortho intramolecular Hbond substituents is 1. The van der Waals surface area contributed by atoms with Crippen LogP contribution in [0.5, 0.6) is 11.5 Å². The van der Waals surface area contributed by atoms with E-state index in [4.69, 9.17) is 19.4 Å². The summed E-state index contributed by atoms with van der Waals surface area (Å²) in [6, 6.07) is 5.62. The molecule has 1 aromatic carbocycles. The number of phenols is 1. The third-order valence-corrected chi connectivity index (χ3v) is 5.70. The molecule has 2 aliphatic rings. The molecule has 1 N–H and O–H groups in total. The predicted octanol–water partition coefficient (Wildman–Crippen LogP) is 3.10. The largest absolute Gasteiger partial charge is 0.504 e. The number of benzene rings is 1. The molecule has 7 nitrogen and oxygen atoms in total. The van der Waals surface area contributed by atoms with Crippen LogP contribution >= 0.6 is 0 Å². The van der Waals surface area contributed by atoms with Crippen molar-refractivity contribution in [1.82, 2.24) is 14.9 Å². The Balaban J connectivity index is 1.57. The topological polar surface area (TPSA) is 71.0 Å². The smallest absolute Gasteiger partial charge is 0.161 e. The number of hydrogen-bond acceptors (Lipinski definition) is 7. The van der Waals surface area contributed by atoms with Gasteiger partial charge in [0.1, 0.15) is 11.6 Å². The zero-order valence-corrected chi connectivity index (χ0v) is 18.2. The summed E-state index contributed by atoms with van der Waals surface area (Å²) >= 11 is 0. The van der Waals surface area contributed by atoms with Crippen LogP contribution in [0.3, 0.4) is 0 Å². The maximum atomic E-state index is 9.97. The molecule has 0 amide bonds. The van der Waals surface area contributed by atoms with E-state index in [0.29, 0.717) is 12.4 Å². The maximum Gasteiger partial charge on any atom is 0.161 e. The molecule has 30 heavy (non-hydrogen) atoms. The number of rotatable bonds is 6. The molecule has 0 unspecified atom stereocenters. The lowest BCUT2D eigenvalue weighted by atomic mass is 10.0. The number of morpholine rings is 1. The van der Waals surface area contributed by atoms with Crippen LogP contribution in [-0.4, -0.2) is 59.4 Å². The Bertz CT molecular complexity index is 881. The monoisotopic (exact) mass is 412 g/mol. The Hall–Kier alpha value is -2.38. The molecule has 1 fully saturated rings. The second kappa shape index (κ2) is 9.18. The van der Waals surface area contributed by atoms with E-state index in [-0.39, 0.29) is 11.7 Å². The number of hydrogen-bond donors (Lipinski definition) is 1. The van der Waals surface area contributed by atoms with Crippen LogP contribution in [0.1, 0.15) is 49.3 Å². The van der Waals surface area contributed by atoms with Crippen molar-refractivity contribution in [3.05, 3.63) is 40.8 Å². The average Bonchev–Trinajstić information content (AvgIpc) is 2.76. The van der Waals surface area contributed by atoms with Crippen molar-refractivity contribution in [3.8, 4) is 11.5 Å². The van der Waals surface area contributed by atoms with Crippen molar-refractivity contribution < 1.29 is 14.6 Å². The van der Waals surface area contributed by atoms with Crippen molar-refractivity contribution >= 4 is 5.82 Å². The number of aromatic nitrogens is 2. The van der Waals surface area contributed by atoms with Gasteiger partial charge in [-0.1, -0.05) is 19.9 Å². The SMILES string of the molecule is CCOc1cc(CN2CCc3c(nc(C(C)C)nc3N3CCOCC3)C2)ccc1O. The first-order valence-corrected chi connectivity index (χ1v) is 10.9. The van der Waals surface area contributed by atoms with Gasteiger partial charge in [-0.05, 0) is 31.0 Å². The summed E-state index contributed by atoms with van der Waals surface area (Å²) < 4.78 is 11.1. The summed E-state index contributed by atoms with van der Waals surface area (Å²) in [5.41, 5.74) is 3.56. The Kier molecular flexibility index (Phi) is 6.39. The molecule has 2 aliphatic heterocycles. The fourth-order valence-corrected chi connectivity index (χ4v) is 4.10. The van der Waals surface area contributed by atoms with E-state index in [1.807, 2.05) is 19.1 Å². The van der Waals surface area contributed by atoms with Gasteiger partial charge in [0.2, 0.25) is 0 Å². The first-order chi connectivity index (χ1) is 14.5. The van der Waals surface area contributed by atoms with E-state index in [1.165, 1.54) is 5.56 Å². The fraction of sp³-hybridized carbons (Fsp3) is 0.565. The molecule has 0 atom stereocenters. The first kappa shape index (κ1) is 20.9. The van der Waals surface area contributed by atoms with Gasteiger partial charge in [0, 0.05) is 44.2 Å². The van der Waals surface area contributed by atoms with Crippen molar-refractivity contribution in [2.75, 3.05) is 44.4 Å². The van der Waals surface area contributed by atoms with E-state index in [0.717, 1.165) is 75.3 Å². The zero-order valence-electron chi connectivity index (χ0n) is 18.2. The highest BCUT2D eigenvalue weighted by Crippen LogP contribution is 2.31. The summed E-state index contributed by atoms with van der Waals surface area (Å²) in [5.74, 6) is 3.05. The molecular formula is C23H32N4O3. The number of anilines is 1. The molecule has 3 heterocycles. The van der Waals surface area contributed by atoms with Gasteiger partial charge in [-0.25, -0.2) is 9.97 Å². The Morgan fingerprint density at radius 2 is 1.97 bits per heavy atom. The minimum Gasteiger partial charge on any atom is -0.504 e. The van der Waals surface area contributed by atoms with Gasteiger partial charge in [-0.3, -0.25) is 4.90 Å². The summed E-state index contributed by atoms with van der Waals surface area (Å²) in [4.78, 5) is 14.7. The molecule has 0 saturated carbocycles. The Labute approximate surface area is 178 Å². The van der Waals surface area contributed by atoms with E-state index >= 15 is 0 Å². The van der Waals surface area contributed by atoms with Crippen LogP contribution in [0, 0.1) is 0 Å². The summed E-state index contributed by atoms with van der Waals surface area (Å²) in [5, 5.41) is 9.97. The normalized spacial score (nSPS) is 17.3. The van der Waals surface area contributed by atoms with E-state index < -0.39 is 0 Å². The predicted molar refractivity (Wildman–Crippen MR) is 116 cm³/mol. The molecule has 1 aromatic heterocycles. The lowest BCUT2D eigenvalue weighted by molar-refractivity contribution is 0.122. The zero-order chi connectivity index (χ0) is 21.1. The quantitative estimate of drug-likeness (QED) is 0.782. The second-order valence-corrected chi connectivity index (χ2v) is 8.28. The highest BCUT2D eigenvalue weighted by molar-refractivity contribution is 5.51. The van der Waals surface area contributed by atoms with Gasteiger partial charge >= 0.3 is 0 Å². The third kappa shape index (κ3) is 4.52. The highest BCUT2D eigenvalue weighted by atomic mass is 16.5. The summed E-state index contributed by atoms with van der Waals surface area (Å²) in [6.07, 6.45) is 0.941. The van der Waals surface area contributed by atoms with Gasteiger partial charge in [0.15, 0.2) is 11.5 Å². The van der Waals surface area contributed by atoms with Crippen molar-refractivity contribution in [3.63, 3.8) is 0 Å². The first-order valence-electron chi connectivity index (χ1n) is 10.9. The number of aromatic hydroxyl groups is 1. The van der Waals surface area contributed by atoms with Crippen molar-refractivity contribution in [2.24, 2.45) is 0 Å². The molecule has 7 heteroatoms. The molecule has 0 aliphatic carbocycles. The Morgan fingerprint density at radius 3 is 2.70 bits per heavy atom. The average molecular weight is 413 g/mol. The fourth-order valence-electron chi connectivity index (χ4n) is 4.10. The number of nitrogens with zero attached hydrogens (tertiary/aromatic N) is 4. The minimum absolute atomic E-state index is 0.189. The highest BCUT2D eigenvalue weighted by Gasteiger charge is 2.26. The molecule has 1 saturated heterocycles. The van der Waals surface area contributed by atoms with E-state index in [2.05, 4.69) is 23.6 Å². The number of ether oxygens (including phenoxy) is 2. The summed E-state index contributed by atoms with van der Waals surface area (Å²) in [7, 11) is 0. The van der Waals surface area contributed by atoms with E-state index in [1.54, 1.807) is 6.07 Å². The molecular weight excluding hydrogens is 380 g/mol. The molecule has 2 aromatic rings. The standard InChI is InChI=1S/C23H32N4O3/c1-4-30-21-13-17(5-6-20(21)28)14-26-8-7-18-19(15-26)24-22(16(2)3)25-23(18)27-9-11-29-12-10-27/h5-6,13,16,28H,4,7-12,14-15H2,1-3H3. The Morgan fingerprint density at radius 1 is 1.17 bits per heavy atom. The van der Waals surface area contributed by atoms with Crippen molar-refractivity contribution in [1.29, 1.82) is 0 Å². The van der Waals surface area contributed by atoms with Gasteiger partial charge in [0.25, 0.3) is 0 Å². The van der Waals surface area contributed by atoms with Crippen LogP contribution in [0.2, 0.25) is 0 Å². The summed E-state index contributed by atoms with van der Waals surface area (Å²) in [6.45, 7) is 12.6.